The number of ether oxygens (including phenoxy) is 4. The average Bonchev–Trinajstić information content (AvgIpc) is 2.94. The number of rotatable bonds is 9. The summed E-state index contributed by atoms with van der Waals surface area (Å²) in [5.74, 6) is 1.62. The summed E-state index contributed by atoms with van der Waals surface area (Å²) in [4.78, 5) is 0. The molecule has 1 aliphatic rings. The number of nitrogens with one attached hydrogen (secondary N) is 1. The molecule has 5 nitrogen and oxygen atoms in total. The van der Waals surface area contributed by atoms with Crippen LogP contribution in [-0.4, -0.2) is 40.3 Å². The van der Waals surface area contributed by atoms with E-state index < -0.39 is 0 Å². The molecular weight excluding hydrogens is 258 g/mol. The fourth-order valence-electron chi connectivity index (χ4n) is 2.06. The number of hydrogen-bond acceptors (Lipinski definition) is 5. The van der Waals surface area contributed by atoms with Gasteiger partial charge in [0.2, 0.25) is 6.79 Å². The Hall–Kier alpha value is -1.30. The quantitative estimate of drug-likeness (QED) is 0.703. The third-order valence-corrected chi connectivity index (χ3v) is 3.16. The van der Waals surface area contributed by atoms with Crippen LogP contribution in [0.15, 0.2) is 18.2 Å². The van der Waals surface area contributed by atoms with Gasteiger partial charge in [-0.15, -0.1) is 0 Å². The molecule has 1 aromatic rings. The van der Waals surface area contributed by atoms with Gasteiger partial charge < -0.3 is 24.3 Å². The van der Waals surface area contributed by atoms with Gasteiger partial charge in [0.25, 0.3) is 0 Å². The van der Waals surface area contributed by atoms with Crippen LogP contribution < -0.4 is 14.8 Å². The Labute approximate surface area is 120 Å². The molecule has 1 atom stereocenters. The van der Waals surface area contributed by atoms with Crippen LogP contribution in [0, 0.1) is 0 Å². The molecule has 1 N–H and O–H groups in total. The van der Waals surface area contributed by atoms with Crippen LogP contribution in [0.3, 0.4) is 0 Å². The molecule has 0 fully saturated rings. The summed E-state index contributed by atoms with van der Waals surface area (Å²) >= 11 is 0. The normalized spacial score (nSPS) is 14.5. The van der Waals surface area contributed by atoms with Crippen molar-refractivity contribution in [2.24, 2.45) is 0 Å². The summed E-state index contributed by atoms with van der Waals surface area (Å²) < 4.78 is 21.4. The first-order chi connectivity index (χ1) is 9.85. The first-order valence-electron chi connectivity index (χ1n) is 7.04. The molecule has 0 saturated heterocycles. The van der Waals surface area contributed by atoms with E-state index in [2.05, 4.69) is 18.3 Å². The van der Waals surface area contributed by atoms with Gasteiger partial charge >= 0.3 is 0 Å². The minimum absolute atomic E-state index is 0.154. The second-order valence-corrected chi connectivity index (χ2v) is 4.69. The van der Waals surface area contributed by atoms with Crippen molar-refractivity contribution in [2.75, 3.05) is 40.3 Å². The SMILES string of the molecule is CCCNC(COCCOC)c1ccc2c(c1)OCO2. The average molecular weight is 281 g/mol. The van der Waals surface area contributed by atoms with Crippen LogP contribution in [0.5, 0.6) is 11.5 Å². The van der Waals surface area contributed by atoms with Crippen molar-refractivity contribution >= 4 is 0 Å². The predicted molar refractivity (Wildman–Crippen MR) is 76.3 cm³/mol. The Morgan fingerprint density at radius 2 is 2.10 bits per heavy atom. The van der Waals surface area contributed by atoms with E-state index in [1.165, 1.54) is 0 Å². The van der Waals surface area contributed by atoms with Crippen molar-refractivity contribution in [3.8, 4) is 11.5 Å². The Morgan fingerprint density at radius 1 is 1.25 bits per heavy atom. The molecule has 1 aliphatic heterocycles. The molecule has 0 bridgehead atoms. The lowest BCUT2D eigenvalue weighted by Crippen LogP contribution is -2.27. The zero-order valence-corrected chi connectivity index (χ0v) is 12.2. The highest BCUT2D eigenvalue weighted by atomic mass is 16.7. The minimum Gasteiger partial charge on any atom is -0.454 e. The van der Waals surface area contributed by atoms with Crippen molar-refractivity contribution in [3.63, 3.8) is 0 Å². The monoisotopic (exact) mass is 281 g/mol. The fraction of sp³-hybridized carbons (Fsp3) is 0.600. The summed E-state index contributed by atoms with van der Waals surface area (Å²) in [5, 5.41) is 3.49. The van der Waals surface area contributed by atoms with E-state index in [1.807, 2.05) is 12.1 Å². The van der Waals surface area contributed by atoms with Gasteiger partial charge in [-0.1, -0.05) is 13.0 Å². The van der Waals surface area contributed by atoms with Crippen LogP contribution in [-0.2, 0) is 9.47 Å². The molecule has 5 heteroatoms. The Morgan fingerprint density at radius 3 is 2.90 bits per heavy atom. The van der Waals surface area contributed by atoms with E-state index in [4.69, 9.17) is 18.9 Å². The van der Waals surface area contributed by atoms with E-state index in [0.717, 1.165) is 30.0 Å². The Kier molecular flexibility index (Phi) is 6.11. The maximum atomic E-state index is 5.65. The van der Waals surface area contributed by atoms with Gasteiger partial charge in [-0.2, -0.15) is 0 Å². The maximum Gasteiger partial charge on any atom is 0.231 e. The van der Waals surface area contributed by atoms with Crippen LogP contribution in [0.25, 0.3) is 0 Å². The molecule has 0 amide bonds. The molecule has 20 heavy (non-hydrogen) atoms. The first-order valence-corrected chi connectivity index (χ1v) is 7.04. The van der Waals surface area contributed by atoms with Gasteiger partial charge in [0, 0.05) is 7.11 Å². The zero-order chi connectivity index (χ0) is 14.2. The number of benzene rings is 1. The van der Waals surface area contributed by atoms with Gasteiger partial charge in [0.05, 0.1) is 25.9 Å². The van der Waals surface area contributed by atoms with Gasteiger partial charge in [-0.05, 0) is 30.7 Å². The van der Waals surface area contributed by atoms with Crippen molar-refractivity contribution in [1.29, 1.82) is 0 Å². The minimum atomic E-state index is 0.154. The van der Waals surface area contributed by atoms with Crippen LogP contribution in [0.4, 0.5) is 0 Å². The standard InChI is InChI=1S/C15H23NO4/c1-3-6-16-13(10-18-8-7-17-2)12-4-5-14-15(9-12)20-11-19-14/h4-5,9,13,16H,3,6-8,10-11H2,1-2H3. The largest absolute Gasteiger partial charge is 0.454 e. The smallest absolute Gasteiger partial charge is 0.231 e. The summed E-state index contributed by atoms with van der Waals surface area (Å²) in [6.07, 6.45) is 1.08. The third-order valence-electron chi connectivity index (χ3n) is 3.16. The maximum absolute atomic E-state index is 5.65. The molecule has 1 unspecified atom stereocenters. The molecule has 2 rings (SSSR count). The summed E-state index contributed by atoms with van der Waals surface area (Å²) in [6.45, 7) is 5.23. The molecule has 1 heterocycles. The van der Waals surface area contributed by atoms with Gasteiger partial charge in [0.1, 0.15) is 0 Å². The zero-order valence-electron chi connectivity index (χ0n) is 12.2. The molecule has 0 saturated carbocycles. The Balaban J connectivity index is 1.97. The van der Waals surface area contributed by atoms with E-state index in [0.29, 0.717) is 26.6 Å². The molecule has 0 radical (unpaired) electrons. The van der Waals surface area contributed by atoms with Crippen molar-refractivity contribution in [3.05, 3.63) is 23.8 Å². The van der Waals surface area contributed by atoms with Gasteiger partial charge in [-0.3, -0.25) is 0 Å². The topological polar surface area (TPSA) is 49.0 Å². The lowest BCUT2D eigenvalue weighted by Gasteiger charge is -2.19. The lowest BCUT2D eigenvalue weighted by atomic mass is 10.1. The van der Waals surface area contributed by atoms with E-state index in [9.17, 15) is 0 Å². The number of fused-ring (bicyclic) bond motifs is 1. The predicted octanol–water partition coefficient (Wildman–Crippen LogP) is 2.12. The summed E-state index contributed by atoms with van der Waals surface area (Å²) in [7, 11) is 1.67. The lowest BCUT2D eigenvalue weighted by molar-refractivity contribution is 0.0585. The van der Waals surface area contributed by atoms with Crippen LogP contribution in [0.2, 0.25) is 0 Å². The Bertz CT molecular complexity index is 411. The highest BCUT2D eigenvalue weighted by molar-refractivity contribution is 5.45. The van der Waals surface area contributed by atoms with Crippen molar-refractivity contribution in [2.45, 2.75) is 19.4 Å². The van der Waals surface area contributed by atoms with Crippen molar-refractivity contribution < 1.29 is 18.9 Å². The van der Waals surface area contributed by atoms with Crippen LogP contribution in [0.1, 0.15) is 24.9 Å². The molecular formula is C15H23NO4. The highest BCUT2D eigenvalue weighted by Gasteiger charge is 2.17. The summed E-state index contributed by atoms with van der Waals surface area (Å²) in [5.41, 5.74) is 1.15. The first kappa shape index (κ1) is 15.1. The molecule has 0 spiro atoms. The summed E-state index contributed by atoms with van der Waals surface area (Å²) in [6, 6.07) is 6.19. The van der Waals surface area contributed by atoms with Crippen LogP contribution >= 0.6 is 0 Å². The second kappa shape index (κ2) is 8.09. The van der Waals surface area contributed by atoms with E-state index in [-0.39, 0.29) is 6.04 Å². The van der Waals surface area contributed by atoms with E-state index >= 15 is 0 Å². The molecule has 112 valence electrons. The molecule has 1 aromatic carbocycles. The molecule has 0 aliphatic carbocycles. The second-order valence-electron chi connectivity index (χ2n) is 4.69. The van der Waals surface area contributed by atoms with Gasteiger partial charge in [-0.25, -0.2) is 0 Å². The third kappa shape index (κ3) is 4.10. The fourth-order valence-corrected chi connectivity index (χ4v) is 2.06. The molecule has 0 aromatic heterocycles. The highest BCUT2D eigenvalue weighted by Crippen LogP contribution is 2.34. The van der Waals surface area contributed by atoms with E-state index in [1.54, 1.807) is 7.11 Å². The number of hydrogen-bond donors (Lipinski definition) is 1. The van der Waals surface area contributed by atoms with Gasteiger partial charge in [0.15, 0.2) is 11.5 Å². The van der Waals surface area contributed by atoms with Crippen molar-refractivity contribution in [1.82, 2.24) is 5.32 Å². The number of methoxy groups -OCH3 is 1.